The number of rotatable bonds is 4. The quantitative estimate of drug-likeness (QED) is 0.791. The maximum Gasteiger partial charge on any atom is 0.316 e. The van der Waals surface area contributed by atoms with E-state index in [0.717, 1.165) is 24.2 Å². The second kappa shape index (κ2) is 5.84. The van der Waals surface area contributed by atoms with E-state index in [1.165, 1.54) is 4.90 Å². The van der Waals surface area contributed by atoms with Gasteiger partial charge in [-0.15, -0.1) is 0 Å². The van der Waals surface area contributed by atoms with E-state index < -0.39 is 11.8 Å². The van der Waals surface area contributed by atoms with Crippen LogP contribution in [0, 0.1) is 0 Å². The highest BCUT2D eigenvalue weighted by atomic mass is 16.2. The SMILES string of the molecule is CNCCc1cccc(N2CCN(C)C(=O)C2=O)c1. The maximum atomic E-state index is 12.0. The first-order chi connectivity index (χ1) is 9.13. The van der Waals surface area contributed by atoms with Crippen molar-refractivity contribution in [3.05, 3.63) is 29.8 Å². The third kappa shape index (κ3) is 2.93. The van der Waals surface area contributed by atoms with Crippen molar-refractivity contribution >= 4 is 17.5 Å². The van der Waals surface area contributed by atoms with Crippen molar-refractivity contribution in [2.75, 3.05) is 38.6 Å². The number of nitrogens with zero attached hydrogens (tertiary/aromatic N) is 2. The van der Waals surface area contributed by atoms with Crippen LogP contribution in [0.4, 0.5) is 5.69 Å². The first-order valence-electron chi connectivity index (χ1n) is 6.44. The van der Waals surface area contributed by atoms with Crippen LogP contribution in [0.2, 0.25) is 0 Å². The molecule has 0 radical (unpaired) electrons. The molecule has 2 rings (SSSR count). The van der Waals surface area contributed by atoms with Crippen molar-refractivity contribution in [3.8, 4) is 0 Å². The molecule has 1 heterocycles. The van der Waals surface area contributed by atoms with E-state index in [9.17, 15) is 9.59 Å². The van der Waals surface area contributed by atoms with Crippen molar-refractivity contribution in [2.24, 2.45) is 0 Å². The van der Waals surface area contributed by atoms with Crippen LogP contribution in [0.1, 0.15) is 5.56 Å². The second-order valence-corrected chi connectivity index (χ2v) is 4.71. The Labute approximate surface area is 113 Å². The Morgan fingerprint density at radius 3 is 2.74 bits per heavy atom. The van der Waals surface area contributed by atoms with Gasteiger partial charge in [0.25, 0.3) is 0 Å². The average Bonchev–Trinajstić information content (AvgIpc) is 2.43. The molecule has 0 unspecified atom stereocenters. The molecule has 1 aliphatic rings. The number of likely N-dealkylation sites (N-methyl/N-ethyl adjacent to an activating group) is 2. The molecule has 5 heteroatoms. The number of carbonyl (C=O) groups excluding carboxylic acids is 2. The topological polar surface area (TPSA) is 52.6 Å². The van der Waals surface area contributed by atoms with Crippen molar-refractivity contribution < 1.29 is 9.59 Å². The van der Waals surface area contributed by atoms with E-state index in [0.29, 0.717) is 13.1 Å². The normalized spacial score (nSPS) is 16.1. The van der Waals surface area contributed by atoms with E-state index in [2.05, 4.69) is 5.32 Å². The van der Waals surface area contributed by atoms with E-state index in [1.54, 1.807) is 11.9 Å². The van der Waals surface area contributed by atoms with E-state index in [4.69, 9.17) is 0 Å². The van der Waals surface area contributed by atoms with Gasteiger partial charge in [0.05, 0.1) is 0 Å². The molecule has 0 aliphatic carbocycles. The molecule has 102 valence electrons. The zero-order chi connectivity index (χ0) is 13.8. The number of nitrogens with one attached hydrogen (secondary N) is 1. The van der Waals surface area contributed by atoms with Crippen LogP contribution in [0.15, 0.2) is 24.3 Å². The summed E-state index contributed by atoms with van der Waals surface area (Å²) in [5.41, 5.74) is 1.96. The van der Waals surface area contributed by atoms with Gasteiger partial charge in [-0.25, -0.2) is 0 Å². The van der Waals surface area contributed by atoms with Crippen molar-refractivity contribution in [2.45, 2.75) is 6.42 Å². The van der Waals surface area contributed by atoms with Gasteiger partial charge in [-0.2, -0.15) is 0 Å². The summed E-state index contributed by atoms with van der Waals surface area (Å²) in [5, 5.41) is 3.10. The fourth-order valence-corrected chi connectivity index (χ4v) is 2.13. The van der Waals surface area contributed by atoms with Crippen LogP contribution in [0.3, 0.4) is 0 Å². The van der Waals surface area contributed by atoms with Gasteiger partial charge >= 0.3 is 11.8 Å². The van der Waals surface area contributed by atoms with Crippen molar-refractivity contribution in [3.63, 3.8) is 0 Å². The summed E-state index contributed by atoms with van der Waals surface area (Å²) in [5.74, 6) is -0.883. The van der Waals surface area contributed by atoms with Gasteiger partial charge in [-0.3, -0.25) is 9.59 Å². The van der Waals surface area contributed by atoms with Crippen LogP contribution in [-0.2, 0) is 16.0 Å². The molecule has 1 aromatic carbocycles. The molecule has 0 spiro atoms. The van der Waals surface area contributed by atoms with Crippen LogP contribution < -0.4 is 10.2 Å². The molecule has 0 saturated carbocycles. The maximum absolute atomic E-state index is 12.0. The lowest BCUT2D eigenvalue weighted by Gasteiger charge is -2.31. The Bertz CT molecular complexity index is 487. The Hall–Kier alpha value is -1.88. The summed E-state index contributed by atoms with van der Waals surface area (Å²) < 4.78 is 0. The average molecular weight is 261 g/mol. The van der Waals surface area contributed by atoms with Crippen LogP contribution >= 0.6 is 0 Å². The highest BCUT2D eigenvalue weighted by Gasteiger charge is 2.31. The highest BCUT2D eigenvalue weighted by molar-refractivity contribution is 6.40. The summed E-state index contributed by atoms with van der Waals surface area (Å²) in [7, 11) is 3.56. The van der Waals surface area contributed by atoms with Gasteiger partial charge in [0, 0.05) is 25.8 Å². The number of carbonyl (C=O) groups is 2. The third-order valence-electron chi connectivity index (χ3n) is 3.32. The zero-order valence-corrected chi connectivity index (χ0v) is 11.3. The van der Waals surface area contributed by atoms with E-state index in [1.807, 2.05) is 31.3 Å². The van der Waals surface area contributed by atoms with Crippen LogP contribution in [0.25, 0.3) is 0 Å². The molecule has 0 atom stereocenters. The fraction of sp³-hybridized carbons (Fsp3) is 0.429. The van der Waals surface area contributed by atoms with Gasteiger partial charge in [0.1, 0.15) is 0 Å². The molecule has 2 amide bonds. The van der Waals surface area contributed by atoms with Gasteiger partial charge in [0.2, 0.25) is 0 Å². The highest BCUT2D eigenvalue weighted by Crippen LogP contribution is 2.19. The smallest absolute Gasteiger partial charge is 0.316 e. The zero-order valence-electron chi connectivity index (χ0n) is 11.3. The number of hydrogen-bond donors (Lipinski definition) is 1. The Balaban J connectivity index is 2.17. The van der Waals surface area contributed by atoms with Crippen LogP contribution in [-0.4, -0.2) is 50.4 Å². The minimum atomic E-state index is -0.445. The molecule has 1 fully saturated rings. The Kier molecular flexibility index (Phi) is 4.16. The summed E-state index contributed by atoms with van der Waals surface area (Å²) >= 11 is 0. The lowest BCUT2D eigenvalue weighted by atomic mass is 10.1. The summed E-state index contributed by atoms with van der Waals surface area (Å²) in [6.07, 6.45) is 0.903. The van der Waals surface area contributed by atoms with Gasteiger partial charge in [-0.05, 0) is 37.7 Å². The van der Waals surface area contributed by atoms with Crippen molar-refractivity contribution in [1.82, 2.24) is 10.2 Å². The third-order valence-corrected chi connectivity index (χ3v) is 3.32. The summed E-state index contributed by atoms with van der Waals surface area (Å²) in [6, 6.07) is 7.81. The minimum Gasteiger partial charge on any atom is -0.336 e. The van der Waals surface area contributed by atoms with Gasteiger partial charge in [0.15, 0.2) is 0 Å². The summed E-state index contributed by atoms with van der Waals surface area (Å²) in [4.78, 5) is 26.7. The fourth-order valence-electron chi connectivity index (χ4n) is 2.13. The predicted molar refractivity (Wildman–Crippen MR) is 74.1 cm³/mol. The van der Waals surface area contributed by atoms with Gasteiger partial charge < -0.3 is 15.1 Å². The standard InChI is InChI=1S/C14H19N3O2/c1-15-7-6-11-4-3-5-12(10-11)17-9-8-16(2)13(18)14(17)19/h3-5,10,15H,6-9H2,1-2H3. The van der Waals surface area contributed by atoms with E-state index in [-0.39, 0.29) is 0 Å². The van der Waals surface area contributed by atoms with E-state index >= 15 is 0 Å². The largest absolute Gasteiger partial charge is 0.336 e. The summed E-state index contributed by atoms with van der Waals surface area (Å²) in [6.45, 7) is 2.01. The monoisotopic (exact) mass is 261 g/mol. The molecule has 1 N–H and O–H groups in total. The van der Waals surface area contributed by atoms with Crippen molar-refractivity contribution in [1.29, 1.82) is 0 Å². The molecule has 1 saturated heterocycles. The molecular weight excluding hydrogens is 242 g/mol. The molecular formula is C14H19N3O2. The number of piperazine rings is 1. The minimum absolute atomic E-state index is 0.438. The molecule has 0 aromatic heterocycles. The molecule has 5 nitrogen and oxygen atoms in total. The Morgan fingerprint density at radius 1 is 1.21 bits per heavy atom. The molecule has 19 heavy (non-hydrogen) atoms. The first kappa shape index (κ1) is 13.5. The lowest BCUT2D eigenvalue weighted by molar-refractivity contribution is -0.145. The molecule has 0 bridgehead atoms. The second-order valence-electron chi connectivity index (χ2n) is 4.71. The van der Waals surface area contributed by atoms with Gasteiger partial charge in [-0.1, -0.05) is 12.1 Å². The molecule has 1 aliphatic heterocycles. The lowest BCUT2D eigenvalue weighted by Crippen LogP contribution is -2.53. The number of anilines is 1. The number of hydrogen-bond acceptors (Lipinski definition) is 3. The number of benzene rings is 1. The number of amides is 2. The predicted octanol–water partition coefficient (Wildman–Crippen LogP) is 0.253. The Morgan fingerprint density at radius 2 is 2.00 bits per heavy atom. The first-order valence-corrected chi connectivity index (χ1v) is 6.44. The van der Waals surface area contributed by atoms with Crippen LogP contribution in [0.5, 0.6) is 0 Å². The molecule has 1 aromatic rings.